The number of aliphatic carboxylic acids is 1. The minimum absolute atomic E-state index is 0.0166. The highest BCUT2D eigenvalue weighted by Crippen LogP contribution is 2.21. The molecule has 0 aliphatic carbocycles. The topological polar surface area (TPSA) is 116 Å². The summed E-state index contributed by atoms with van der Waals surface area (Å²) >= 11 is 0. The molecule has 2 rings (SSSR count). The van der Waals surface area contributed by atoms with E-state index in [1.807, 2.05) is 6.07 Å². The highest BCUT2D eigenvalue weighted by molar-refractivity contribution is 5.85. The highest BCUT2D eigenvalue weighted by atomic mass is 16.5. The molecule has 0 aromatic heterocycles. The van der Waals surface area contributed by atoms with Crippen LogP contribution in [-0.2, 0) is 16.1 Å². The summed E-state index contributed by atoms with van der Waals surface area (Å²) in [5, 5.41) is 21.2. The van der Waals surface area contributed by atoms with Crippen LogP contribution in [0, 0.1) is 0 Å². The smallest absolute Gasteiger partial charge is 0.408 e. The standard InChI is InChI=1S/C17H20N2O6/c1-12-6-5-9-17(14(20)21,11-19(12)16(23)24)18-15(22)25-10-13-7-3-2-4-8-13/h2-8,12H,9-11H2,1H3,(H,18,22)(H,20,21)(H,23,24)/t12-,17-/m0/s1. The van der Waals surface area contributed by atoms with E-state index in [2.05, 4.69) is 5.32 Å². The van der Waals surface area contributed by atoms with Crippen LogP contribution in [0.2, 0.25) is 0 Å². The Morgan fingerprint density at radius 2 is 1.96 bits per heavy atom. The maximum Gasteiger partial charge on any atom is 0.408 e. The third-order valence-electron chi connectivity index (χ3n) is 4.02. The van der Waals surface area contributed by atoms with Crippen LogP contribution in [0.15, 0.2) is 42.5 Å². The number of ether oxygens (including phenoxy) is 1. The summed E-state index contributed by atoms with van der Waals surface area (Å²) < 4.78 is 5.07. The van der Waals surface area contributed by atoms with Gasteiger partial charge in [0.1, 0.15) is 6.61 Å². The van der Waals surface area contributed by atoms with E-state index in [1.165, 1.54) is 0 Å². The van der Waals surface area contributed by atoms with Crippen LogP contribution in [0.25, 0.3) is 0 Å². The summed E-state index contributed by atoms with van der Waals surface area (Å²) in [4.78, 5) is 36.2. The first-order valence-corrected chi connectivity index (χ1v) is 7.72. The zero-order valence-electron chi connectivity index (χ0n) is 13.7. The molecule has 1 aliphatic heterocycles. The number of carbonyl (C=O) groups is 3. The Morgan fingerprint density at radius 1 is 1.28 bits per heavy atom. The molecule has 25 heavy (non-hydrogen) atoms. The quantitative estimate of drug-likeness (QED) is 0.717. The maximum absolute atomic E-state index is 12.1. The Hall–Kier alpha value is -3.03. The number of carbonyl (C=O) groups excluding carboxylic acids is 1. The molecule has 8 heteroatoms. The summed E-state index contributed by atoms with van der Waals surface area (Å²) in [7, 11) is 0. The van der Waals surface area contributed by atoms with Gasteiger partial charge in [0.25, 0.3) is 0 Å². The number of rotatable bonds is 4. The Morgan fingerprint density at radius 3 is 2.56 bits per heavy atom. The van der Waals surface area contributed by atoms with Crippen molar-refractivity contribution >= 4 is 18.2 Å². The van der Waals surface area contributed by atoms with E-state index in [9.17, 15) is 24.6 Å². The molecule has 134 valence electrons. The number of alkyl carbamates (subject to hydrolysis) is 1. The minimum Gasteiger partial charge on any atom is -0.479 e. The number of nitrogens with zero attached hydrogens (tertiary/aromatic N) is 1. The molecule has 1 aromatic rings. The molecule has 0 fully saturated rings. The summed E-state index contributed by atoms with van der Waals surface area (Å²) in [6.07, 6.45) is 0.926. The van der Waals surface area contributed by atoms with E-state index in [4.69, 9.17) is 4.74 Å². The first-order chi connectivity index (χ1) is 11.8. The van der Waals surface area contributed by atoms with Crippen molar-refractivity contribution in [2.75, 3.05) is 6.54 Å². The molecule has 0 saturated carbocycles. The Balaban J connectivity index is 2.11. The van der Waals surface area contributed by atoms with Gasteiger partial charge >= 0.3 is 18.2 Å². The van der Waals surface area contributed by atoms with Gasteiger partial charge in [-0.25, -0.2) is 14.4 Å². The molecular weight excluding hydrogens is 328 g/mol. The molecule has 0 unspecified atom stereocenters. The molecule has 3 N–H and O–H groups in total. The molecule has 1 aromatic carbocycles. The van der Waals surface area contributed by atoms with Gasteiger partial charge < -0.3 is 20.3 Å². The lowest BCUT2D eigenvalue weighted by molar-refractivity contribution is -0.145. The first-order valence-electron chi connectivity index (χ1n) is 7.72. The van der Waals surface area contributed by atoms with Crippen molar-refractivity contribution in [3.63, 3.8) is 0 Å². The average Bonchev–Trinajstić information content (AvgIpc) is 2.74. The summed E-state index contributed by atoms with van der Waals surface area (Å²) in [6.45, 7) is 1.24. The van der Waals surface area contributed by atoms with Gasteiger partial charge in [-0.2, -0.15) is 0 Å². The fourth-order valence-corrected chi connectivity index (χ4v) is 2.56. The molecule has 0 spiro atoms. The zero-order chi connectivity index (χ0) is 18.4. The Kier molecular flexibility index (Phi) is 5.63. The summed E-state index contributed by atoms with van der Waals surface area (Å²) in [5.74, 6) is -1.32. The van der Waals surface area contributed by atoms with Crippen LogP contribution in [0.5, 0.6) is 0 Å². The molecule has 0 radical (unpaired) electrons. The SMILES string of the molecule is C[C@H]1C=CC[C@@](NC(=O)OCc2ccccc2)(C(=O)O)CN1C(=O)O. The monoisotopic (exact) mass is 348 g/mol. The van der Waals surface area contributed by atoms with Crippen molar-refractivity contribution in [3.05, 3.63) is 48.0 Å². The largest absolute Gasteiger partial charge is 0.479 e. The Labute approximate surface area is 144 Å². The van der Waals surface area contributed by atoms with E-state index in [0.717, 1.165) is 10.5 Å². The van der Waals surface area contributed by atoms with Crippen LogP contribution < -0.4 is 5.32 Å². The van der Waals surface area contributed by atoms with Crippen LogP contribution in [-0.4, -0.2) is 51.4 Å². The van der Waals surface area contributed by atoms with E-state index in [1.54, 1.807) is 43.3 Å². The second kappa shape index (κ2) is 7.69. The number of amides is 2. The predicted octanol–water partition coefficient (Wildman–Crippen LogP) is 2.06. The van der Waals surface area contributed by atoms with E-state index in [0.29, 0.717) is 0 Å². The average molecular weight is 348 g/mol. The lowest BCUT2D eigenvalue weighted by Crippen LogP contribution is -2.61. The van der Waals surface area contributed by atoms with E-state index in [-0.39, 0.29) is 19.6 Å². The van der Waals surface area contributed by atoms with Crippen molar-refractivity contribution in [1.29, 1.82) is 0 Å². The second-order valence-corrected chi connectivity index (χ2v) is 5.86. The zero-order valence-corrected chi connectivity index (χ0v) is 13.7. The summed E-state index contributed by atoms with van der Waals surface area (Å²) in [5.41, 5.74) is -1.03. The number of hydrogen-bond acceptors (Lipinski definition) is 4. The fourth-order valence-electron chi connectivity index (χ4n) is 2.56. The predicted molar refractivity (Wildman–Crippen MR) is 88.1 cm³/mol. The van der Waals surface area contributed by atoms with Crippen molar-refractivity contribution < 1.29 is 29.3 Å². The summed E-state index contributed by atoms with van der Waals surface area (Å²) in [6, 6.07) is 8.43. The number of hydrogen-bond donors (Lipinski definition) is 3. The number of carboxylic acid groups (broad SMARTS) is 2. The van der Waals surface area contributed by atoms with Gasteiger partial charge in [-0.1, -0.05) is 42.5 Å². The number of benzene rings is 1. The fraction of sp³-hybridized carbons (Fsp3) is 0.353. The minimum atomic E-state index is -1.78. The maximum atomic E-state index is 12.1. The van der Waals surface area contributed by atoms with Crippen molar-refractivity contribution in [2.24, 2.45) is 0 Å². The van der Waals surface area contributed by atoms with Crippen molar-refractivity contribution in [1.82, 2.24) is 10.2 Å². The highest BCUT2D eigenvalue weighted by Gasteiger charge is 2.44. The lowest BCUT2D eigenvalue weighted by atomic mass is 9.95. The second-order valence-electron chi connectivity index (χ2n) is 5.86. The van der Waals surface area contributed by atoms with Gasteiger partial charge in [0, 0.05) is 6.42 Å². The van der Waals surface area contributed by atoms with Gasteiger partial charge in [-0.05, 0) is 12.5 Å². The van der Waals surface area contributed by atoms with E-state index >= 15 is 0 Å². The molecule has 0 bridgehead atoms. The van der Waals surface area contributed by atoms with Gasteiger partial charge in [0.05, 0.1) is 12.6 Å². The van der Waals surface area contributed by atoms with Crippen molar-refractivity contribution in [2.45, 2.75) is 31.5 Å². The third-order valence-corrected chi connectivity index (χ3v) is 4.02. The van der Waals surface area contributed by atoms with Crippen LogP contribution in [0.1, 0.15) is 18.9 Å². The molecule has 2 atom stereocenters. The molecule has 1 heterocycles. The van der Waals surface area contributed by atoms with Gasteiger partial charge in [0.15, 0.2) is 5.54 Å². The molecular formula is C17H20N2O6. The van der Waals surface area contributed by atoms with Gasteiger partial charge in [-0.15, -0.1) is 0 Å². The molecule has 0 saturated heterocycles. The van der Waals surface area contributed by atoms with Crippen LogP contribution >= 0.6 is 0 Å². The molecule has 1 aliphatic rings. The van der Waals surface area contributed by atoms with Crippen LogP contribution in [0.4, 0.5) is 9.59 Å². The number of carboxylic acids is 1. The normalized spacial score (nSPS) is 22.8. The van der Waals surface area contributed by atoms with Crippen molar-refractivity contribution in [3.8, 4) is 0 Å². The number of nitrogens with one attached hydrogen (secondary N) is 1. The van der Waals surface area contributed by atoms with Crippen LogP contribution in [0.3, 0.4) is 0 Å². The third kappa shape index (κ3) is 4.50. The van der Waals surface area contributed by atoms with E-state index < -0.39 is 29.7 Å². The van der Waals surface area contributed by atoms with Gasteiger partial charge in [-0.3, -0.25) is 4.90 Å². The lowest BCUT2D eigenvalue weighted by Gasteiger charge is -2.33. The Bertz CT molecular complexity index is 675. The van der Waals surface area contributed by atoms with Gasteiger partial charge in [0.2, 0.25) is 0 Å². The molecule has 2 amide bonds. The first kappa shape index (κ1) is 18.3. The molecule has 8 nitrogen and oxygen atoms in total.